The lowest BCUT2D eigenvalue weighted by Crippen LogP contribution is -2.20. The average molecular weight is 286 g/mol. The Morgan fingerprint density at radius 3 is 2.95 bits per heavy atom. The third-order valence-electron chi connectivity index (χ3n) is 3.48. The Bertz CT molecular complexity index is 606. The van der Waals surface area contributed by atoms with E-state index in [1.807, 2.05) is 32.3 Å². The maximum absolute atomic E-state index is 12.2. The second-order valence-corrected chi connectivity index (χ2v) is 5.33. The standard InChI is InChI=1S/C16H22N4O/c1-4-5-7-12(2)16(21)19-14-8-6-9-17-15(14)13-10-18-20(3)11-13/h6,8-12H,4-5,7H2,1-3H3,(H,19,21)/t12-/m0/s1. The third kappa shape index (κ3) is 3.90. The van der Waals surface area contributed by atoms with Crippen molar-refractivity contribution in [2.75, 3.05) is 5.32 Å². The van der Waals surface area contributed by atoms with Gasteiger partial charge in [-0.3, -0.25) is 14.5 Å². The fourth-order valence-corrected chi connectivity index (χ4v) is 2.18. The van der Waals surface area contributed by atoms with E-state index in [1.54, 1.807) is 17.1 Å². The summed E-state index contributed by atoms with van der Waals surface area (Å²) in [6.07, 6.45) is 8.43. The SMILES string of the molecule is CCCC[C@H](C)C(=O)Nc1cccnc1-c1cnn(C)c1. The third-order valence-corrected chi connectivity index (χ3v) is 3.48. The molecular weight excluding hydrogens is 264 g/mol. The molecule has 2 aromatic heterocycles. The Morgan fingerprint density at radius 1 is 1.48 bits per heavy atom. The summed E-state index contributed by atoms with van der Waals surface area (Å²) in [5.41, 5.74) is 2.38. The molecule has 0 saturated heterocycles. The van der Waals surface area contributed by atoms with Crippen LogP contribution in [-0.4, -0.2) is 20.7 Å². The highest BCUT2D eigenvalue weighted by Gasteiger charge is 2.15. The molecule has 0 aliphatic carbocycles. The van der Waals surface area contributed by atoms with Gasteiger partial charge in [0.15, 0.2) is 0 Å². The van der Waals surface area contributed by atoms with Gasteiger partial charge in [0.25, 0.3) is 0 Å². The van der Waals surface area contributed by atoms with Gasteiger partial charge in [-0.05, 0) is 18.6 Å². The summed E-state index contributed by atoms with van der Waals surface area (Å²) in [6, 6.07) is 3.70. The van der Waals surface area contributed by atoms with Crippen molar-refractivity contribution in [1.82, 2.24) is 14.8 Å². The first-order chi connectivity index (χ1) is 10.1. The lowest BCUT2D eigenvalue weighted by Gasteiger charge is -2.13. The smallest absolute Gasteiger partial charge is 0.227 e. The molecule has 0 aromatic carbocycles. The van der Waals surface area contributed by atoms with Crippen LogP contribution >= 0.6 is 0 Å². The van der Waals surface area contributed by atoms with Crippen molar-refractivity contribution in [1.29, 1.82) is 0 Å². The summed E-state index contributed by atoms with van der Waals surface area (Å²) in [5, 5.41) is 7.14. The summed E-state index contributed by atoms with van der Waals surface area (Å²) in [7, 11) is 1.86. The van der Waals surface area contributed by atoms with Crippen molar-refractivity contribution in [3.8, 4) is 11.3 Å². The molecule has 0 spiro atoms. The zero-order chi connectivity index (χ0) is 15.2. The molecule has 0 saturated carbocycles. The van der Waals surface area contributed by atoms with E-state index >= 15 is 0 Å². The fraction of sp³-hybridized carbons (Fsp3) is 0.438. The van der Waals surface area contributed by atoms with E-state index < -0.39 is 0 Å². The quantitative estimate of drug-likeness (QED) is 0.886. The van der Waals surface area contributed by atoms with E-state index in [-0.39, 0.29) is 11.8 Å². The van der Waals surface area contributed by atoms with Crippen molar-refractivity contribution in [3.05, 3.63) is 30.7 Å². The molecule has 0 fully saturated rings. The van der Waals surface area contributed by atoms with Crippen LogP contribution in [0.25, 0.3) is 11.3 Å². The Morgan fingerprint density at radius 2 is 2.29 bits per heavy atom. The Kier molecular flexibility index (Phi) is 5.09. The number of nitrogens with one attached hydrogen (secondary N) is 1. The van der Waals surface area contributed by atoms with E-state index in [4.69, 9.17) is 0 Å². The first-order valence-corrected chi connectivity index (χ1v) is 7.36. The summed E-state index contributed by atoms with van der Waals surface area (Å²) in [6.45, 7) is 4.09. The van der Waals surface area contributed by atoms with Crippen molar-refractivity contribution < 1.29 is 4.79 Å². The lowest BCUT2D eigenvalue weighted by molar-refractivity contribution is -0.119. The predicted octanol–water partition coefficient (Wildman–Crippen LogP) is 3.25. The first kappa shape index (κ1) is 15.2. The van der Waals surface area contributed by atoms with E-state index in [0.717, 1.165) is 36.2 Å². The van der Waals surface area contributed by atoms with Gasteiger partial charge >= 0.3 is 0 Å². The maximum Gasteiger partial charge on any atom is 0.227 e. The zero-order valence-electron chi connectivity index (χ0n) is 12.8. The number of aromatic nitrogens is 3. The number of amides is 1. The number of hydrogen-bond acceptors (Lipinski definition) is 3. The molecule has 1 atom stereocenters. The van der Waals surface area contributed by atoms with Crippen LogP contribution in [-0.2, 0) is 11.8 Å². The highest BCUT2D eigenvalue weighted by molar-refractivity contribution is 5.95. The number of rotatable bonds is 6. The zero-order valence-corrected chi connectivity index (χ0v) is 12.8. The fourth-order valence-electron chi connectivity index (χ4n) is 2.18. The normalized spacial score (nSPS) is 12.1. The van der Waals surface area contributed by atoms with E-state index in [0.29, 0.717) is 0 Å². The Hall–Kier alpha value is -2.17. The summed E-state index contributed by atoms with van der Waals surface area (Å²) in [4.78, 5) is 16.6. The molecule has 1 amide bonds. The molecule has 2 rings (SSSR count). The molecule has 0 aliphatic heterocycles. The second kappa shape index (κ2) is 7.02. The number of anilines is 1. The number of pyridine rings is 1. The molecular formula is C16H22N4O. The van der Waals surface area contributed by atoms with Gasteiger partial charge in [-0.2, -0.15) is 5.10 Å². The van der Waals surface area contributed by atoms with E-state index in [1.165, 1.54) is 0 Å². The monoisotopic (exact) mass is 286 g/mol. The maximum atomic E-state index is 12.2. The van der Waals surface area contributed by atoms with Crippen LogP contribution in [0.5, 0.6) is 0 Å². The van der Waals surface area contributed by atoms with Gasteiger partial charge in [0.2, 0.25) is 5.91 Å². The van der Waals surface area contributed by atoms with Gasteiger partial charge < -0.3 is 5.32 Å². The van der Waals surface area contributed by atoms with Crippen LogP contribution in [0.1, 0.15) is 33.1 Å². The Labute approximate surface area is 125 Å². The van der Waals surface area contributed by atoms with Gasteiger partial charge in [-0.1, -0.05) is 26.7 Å². The molecule has 5 nitrogen and oxygen atoms in total. The molecule has 0 radical (unpaired) electrons. The number of nitrogens with zero attached hydrogens (tertiary/aromatic N) is 3. The largest absolute Gasteiger partial charge is 0.324 e. The van der Waals surface area contributed by atoms with Crippen LogP contribution in [0.15, 0.2) is 30.7 Å². The van der Waals surface area contributed by atoms with Crippen LogP contribution in [0.3, 0.4) is 0 Å². The van der Waals surface area contributed by atoms with Crippen LogP contribution in [0.4, 0.5) is 5.69 Å². The molecule has 0 unspecified atom stereocenters. The van der Waals surface area contributed by atoms with Gasteiger partial charge in [-0.15, -0.1) is 0 Å². The van der Waals surface area contributed by atoms with Crippen molar-refractivity contribution in [3.63, 3.8) is 0 Å². The van der Waals surface area contributed by atoms with Crippen LogP contribution in [0, 0.1) is 5.92 Å². The van der Waals surface area contributed by atoms with Gasteiger partial charge in [0, 0.05) is 30.9 Å². The minimum atomic E-state index is 0.00639. The number of carbonyl (C=O) groups excluding carboxylic acids is 1. The van der Waals surface area contributed by atoms with Crippen LogP contribution in [0.2, 0.25) is 0 Å². The highest BCUT2D eigenvalue weighted by Crippen LogP contribution is 2.25. The van der Waals surface area contributed by atoms with Crippen LogP contribution < -0.4 is 5.32 Å². The minimum absolute atomic E-state index is 0.00639. The molecule has 2 heterocycles. The van der Waals surface area contributed by atoms with Gasteiger partial charge in [0.1, 0.15) is 0 Å². The highest BCUT2D eigenvalue weighted by atomic mass is 16.1. The van der Waals surface area contributed by atoms with Crippen molar-refractivity contribution >= 4 is 11.6 Å². The summed E-state index contributed by atoms with van der Waals surface area (Å²) >= 11 is 0. The second-order valence-electron chi connectivity index (χ2n) is 5.33. The number of carbonyl (C=O) groups is 1. The Balaban J connectivity index is 2.15. The van der Waals surface area contributed by atoms with Gasteiger partial charge in [0.05, 0.1) is 17.6 Å². The average Bonchev–Trinajstić information content (AvgIpc) is 2.91. The van der Waals surface area contributed by atoms with E-state index in [2.05, 4.69) is 22.3 Å². The number of hydrogen-bond donors (Lipinski definition) is 1. The summed E-state index contributed by atoms with van der Waals surface area (Å²) in [5.74, 6) is 0.0495. The molecule has 0 aliphatic rings. The van der Waals surface area contributed by atoms with Crippen molar-refractivity contribution in [2.24, 2.45) is 13.0 Å². The molecule has 2 aromatic rings. The molecule has 112 valence electrons. The van der Waals surface area contributed by atoms with Crippen molar-refractivity contribution in [2.45, 2.75) is 33.1 Å². The van der Waals surface area contributed by atoms with Gasteiger partial charge in [-0.25, -0.2) is 0 Å². The topological polar surface area (TPSA) is 59.8 Å². The molecule has 1 N–H and O–H groups in total. The number of unbranched alkanes of at least 4 members (excludes halogenated alkanes) is 1. The minimum Gasteiger partial charge on any atom is -0.324 e. The van der Waals surface area contributed by atoms with E-state index in [9.17, 15) is 4.79 Å². The molecule has 0 bridgehead atoms. The number of aryl methyl sites for hydroxylation is 1. The molecule has 21 heavy (non-hydrogen) atoms. The predicted molar refractivity (Wildman–Crippen MR) is 83.8 cm³/mol. The lowest BCUT2D eigenvalue weighted by atomic mass is 10.0. The molecule has 5 heteroatoms. The first-order valence-electron chi connectivity index (χ1n) is 7.36. The summed E-state index contributed by atoms with van der Waals surface area (Å²) < 4.78 is 1.72.